The monoisotopic (exact) mass is 490 g/mol. The van der Waals surface area contributed by atoms with Crippen molar-refractivity contribution in [3.63, 3.8) is 0 Å². The van der Waals surface area contributed by atoms with Gasteiger partial charge in [0, 0.05) is 17.6 Å². The normalized spacial score (nSPS) is 16.2. The Morgan fingerprint density at radius 3 is 2.42 bits per heavy atom. The smallest absolute Gasteiger partial charge is 0.338 e. The molecule has 33 heavy (non-hydrogen) atoms. The van der Waals surface area contributed by atoms with E-state index in [0.29, 0.717) is 39.5 Å². The maximum absolute atomic E-state index is 13.1. The lowest BCUT2D eigenvalue weighted by atomic mass is 9.92. The lowest BCUT2D eigenvalue weighted by molar-refractivity contribution is -0.139. The molecule has 1 aliphatic rings. The summed E-state index contributed by atoms with van der Waals surface area (Å²) in [6, 6.07) is 11.7. The Morgan fingerprint density at radius 2 is 1.82 bits per heavy atom. The maximum Gasteiger partial charge on any atom is 0.338 e. The summed E-state index contributed by atoms with van der Waals surface area (Å²) in [6.07, 6.45) is 0. The Hall–Kier alpha value is -2.70. The quantitative estimate of drug-likeness (QED) is 0.453. The summed E-state index contributed by atoms with van der Waals surface area (Å²) in [4.78, 5) is 27.6. The molecular weight excluding hydrogens is 463 g/mol. The number of amides is 2. The summed E-state index contributed by atoms with van der Waals surface area (Å²) in [5.41, 5.74) is 2.70. The highest BCUT2D eigenvalue weighted by atomic mass is 35.5. The number of rotatable bonds is 8. The van der Waals surface area contributed by atoms with Gasteiger partial charge in [-0.3, -0.25) is 4.90 Å². The topological polar surface area (TPSA) is 67.9 Å². The van der Waals surface area contributed by atoms with Crippen molar-refractivity contribution < 1.29 is 19.1 Å². The third-order valence-corrected chi connectivity index (χ3v) is 5.99. The highest BCUT2D eigenvalue weighted by molar-refractivity contribution is 6.34. The standard InChI is InChI=1S/C25H28Cl2N2O4/c1-5-29-20(14-33-21-13-18(26)11-12-19(21)27)22(24(30)32-6-2)23(28-25(29)31)17-9-7-16(8-10-17)15(3)4/h7-13,15,23H,5-6,14H2,1-4H3,(H,28,31)/t23-/m0/s1. The molecule has 2 aromatic carbocycles. The second kappa shape index (κ2) is 10.9. The van der Waals surface area contributed by atoms with E-state index < -0.39 is 12.0 Å². The number of nitrogens with one attached hydrogen (secondary N) is 1. The molecule has 0 bridgehead atoms. The van der Waals surface area contributed by atoms with E-state index in [0.717, 1.165) is 11.1 Å². The first-order valence-electron chi connectivity index (χ1n) is 10.9. The van der Waals surface area contributed by atoms with Gasteiger partial charge < -0.3 is 14.8 Å². The Labute approximate surface area is 204 Å². The fourth-order valence-electron chi connectivity index (χ4n) is 3.70. The summed E-state index contributed by atoms with van der Waals surface area (Å²) < 4.78 is 11.3. The molecule has 1 N–H and O–H groups in total. The lowest BCUT2D eigenvalue weighted by Gasteiger charge is -2.36. The molecule has 2 aromatic rings. The van der Waals surface area contributed by atoms with Crippen LogP contribution in [0, 0.1) is 0 Å². The number of nitrogens with zero attached hydrogens (tertiary/aromatic N) is 1. The summed E-state index contributed by atoms with van der Waals surface area (Å²) in [5.74, 6) is 0.214. The van der Waals surface area contributed by atoms with Crippen LogP contribution < -0.4 is 10.1 Å². The SMILES string of the molecule is CCOC(=O)C1=C(COc2cc(Cl)ccc2Cl)N(CC)C(=O)N[C@H]1c1ccc(C(C)C)cc1. The number of likely N-dealkylation sites (N-methyl/N-ethyl adjacent to an activating group) is 1. The zero-order valence-corrected chi connectivity index (χ0v) is 20.7. The number of carbonyl (C=O) groups excluding carboxylic acids is 2. The van der Waals surface area contributed by atoms with Gasteiger partial charge in [0.1, 0.15) is 12.4 Å². The van der Waals surface area contributed by atoms with Crippen LogP contribution in [0.5, 0.6) is 5.75 Å². The van der Waals surface area contributed by atoms with Crippen molar-refractivity contribution in [3.8, 4) is 5.75 Å². The van der Waals surface area contributed by atoms with E-state index in [-0.39, 0.29) is 19.2 Å². The average molecular weight is 491 g/mol. The number of halogens is 2. The molecule has 0 fully saturated rings. The summed E-state index contributed by atoms with van der Waals surface area (Å²) in [6.45, 7) is 8.27. The molecule has 1 heterocycles. The molecular formula is C25H28Cl2N2O4. The number of hydrogen-bond donors (Lipinski definition) is 1. The number of carbonyl (C=O) groups is 2. The molecule has 3 rings (SSSR count). The fourth-order valence-corrected chi connectivity index (χ4v) is 4.03. The first kappa shape index (κ1) is 24.9. The highest BCUT2D eigenvalue weighted by Gasteiger charge is 2.38. The van der Waals surface area contributed by atoms with Gasteiger partial charge in [-0.1, -0.05) is 61.3 Å². The van der Waals surface area contributed by atoms with E-state index >= 15 is 0 Å². The number of esters is 1. The molecule has 0 unspecified atom stereocenters. The minimum Gasteiger partial charge on any atom is -0.486 e. The van der Waals surface area contributed by atoms with Gasteiger partial charge in [-0.2, -0.15) is 0 Å². The van der Waals surface area contributed by atoms with Crippen LogP contribution >= 0.6 is 23.2 Å². The second-order valence-electron chi connectivity index (χ2n) is 7.89. The van der Waals surface area contributed by atoms with Crippen molar-refractivity contribution in [1.82, 2.24) is 10.2 Å². The fraction of sp³-hybridized carbons (Fsp3) is 0.360. The maximum atomic E-state index is 13.1. The predicted octanol–water partition coefficient (Wildman–Crippen LogP) is 6.10. The zero-order chi connectivity index (χ0) is 24.1. The van der Waals surface area contributed by atoms with E-state index in [2.05, 4.69) is 19.2 Å². The highest BCUT2D eigenvalue weighted by Crippen LogP contribution is 2.34. The van der Waals surface area contributed by atoms with Crippen LogP contribution in [0.1, 0.15) is 50.8 Å². The summed E-state index contributed by atoms with van der Waals surface area (Å²) in [5, 5.41) is 3.79. The number of urea groups is 1. The van der Waals surface area contributed by atoms with Crippen LogP contribution in [0.25, 0.3) is 0 Å². The summed E-state index contributed by atoms with van der Waals surface area (Å²) >= 11 is 12.3. The van der Waals surface area contributed by atoms with Crippen LogP contribution in [0.15, 0.2) is 53.7 Å². The van der Waals surface area contributed by atoms with E-state index in [1.165, 1.54) is 4.90 Å². The van der Waals surface area contributed by atoms with Gasteiger partial charge in [0.2, 0.25) is 0 Å². The number of ether oxygens (including phenoxy) is 2. The van der Waals surface area contributed by atoms with E-state index in [9.17, 15) is 9.59 Å². The second-order valence-corrected chi connectivity index (χ2v) is 8.74. The van der Waals surface area contributed by atoms with Gasteiger partial charge >= 0.3 is 12.0 Å². The molecule has 2 amide bonds. The molecule has 8 heteroatoms. The van der Waals surface area contributed by atoms with E-state index in [1.807, 2.05) is 31.2 Å². The van der Waals surface area contributed by atoms with E-state index in [1.54, 1.807) is 25.1 Å². The van der Waals surface area contributed by atoms with Gasteiger partial charge in [0.05, 0.1) is 28.9 Å². The molecule has 176 valence electrons. The minimum atomic E-state index is -0.672. The van der Waals surface area contributed by atoms with Gasteiger partial charge in [-0.05, 0) is 43.0 Å². The van der Waals surface area contributed by atoms with Crippen molar-refractivity contribution in [3.05, 3.63) is 74.9 Å². The number of benzene rings is 2. The molecule has 0 saturated carbocycles. The van der Waals surface area contributed by atoms with Crippen molar-refractivity contribution in [1.29, 1.82) is 0 Å². The van der Waals surface area contributed by atoms with Crippen LogP contribution in [0.3, 0.4) is 0 Å². The van der Waals surface area contributed by atoms with Crippen molar-refractivity contribution in [2.45, 2.75) is 39.7 Å². The molecule has 6 nitrogen and oxygen atoms in total. The number of hydrogen-bond acceptors (Lipinski definition) is 4. The summed E-state index contributed by atoms with van der Waals surface area (Å²) in [7, 11) is 0. The first-order valence-corrected chi connectivity index (χ1v) is 11.7. The Morgan fingerprint density at radius 1 is 1.12 bits per heavy atom. The molecule has 0 saturated heterocycles. The van der Waals surface area contributed by atoms with E-state index in [4.69, 9.17) is 32.7 Å². The van der Waals surface area contributed by atoms with Crippen LogP contribution in [-0.2, 0) is 9.53 Å². The molecule has 1 aliphatic heterocycles. The van der Waals surface area contributed by atoms with Crippen molar-refractivity contribution in [2.75, 3.05) is 19.8 Å². The zero-order valence-electron chi connectivity index (χ0n) is 19.2. The first-order chi connectivity index (χ1) is 15.8. The van der Waals surface area contributed by atoms with Gasteiger partial charge in [0.25, 0.3) is 0 Å². The van der Waals surface area contributed by atoms with Crippen molar-refractivity contribution in [2.24, 2.45) is 0 Å². The molecule has 0 aromatic heterocycles. The molecule has 1 atom stereocenters. The third kappa shape index (κ3) is 5.63. The average Bonchev–Trinajstić information content (AvgIpc) is 2.79. The Kier molecular flexibility index (Phi) is 8.27. The van der Waals surface area contributed by atoms with Crippen LogP contribution in [0.2, 0.25) is 10.0 Å². The largest absolute Gasteiger partial charge is 0.486 e. The molecule has 0 radical (unpaired) electrons. The molecule has 0 spiro atoms. The van der Waals surface area contributed by atoms with Gasteiger partial charge in [-0.25, -0.2) is 9.59 Å². The Balaban J connectivity index is 2.07. The third-order valence-electron chi connectivity index (χ3n) is 5.44. The van der Waals surface area contributed by atoms with Crippen LogP contribution in [0.4, 0.5) is 4.79 Å². The van der Waals surface area contributed by atoms with Gasteiger partial charge in [0.15, 0.2) is 0 Å². The lowest BCUT2D eigenvalue weighted by Crippen LogP contribution is -2.49. The van der Waals surface area contributed by atoms with Crippen LogP contribution in [-0.4, -0.2) is 36.7 Å². The minimum absolute atomic E-state index is 0.0595. The predicted molar refractivity (Wildman–Crippen MR) is 130 cm³/mol. The molecule has 0 aliphatic carbocycles. The Bertz CT molecular complexity index is 1050. The van der Waals surface area contributed by atoms with Crippen molar-refractivity contribution >= 4 is 35.2 Å². The van der Waals surface area contributed by atoms with Gasteiger partial charge in [-0.15, -0.1) is 0 Å².